The Balaban J connectivity index is 2.78. The SMILES string of the molecule is [CH2]CNCCCCCCCCCCC. The Labute approximate surface area is 90.7 Å². The molecule has 0 heterocycles. The molecule has 0 fully saturated rings. The highest BCUT2D eigenvalue weighted by atomic mass is 14.8. The third-order valence-electron chi connectivity index (χ3n) is 2.63. The van der Waals surface area contributed by atoms with Crippen molar-refractivity contribution in [3.05, 3.63) is 6.92 Å². The molecular formula is C13H28N. The van der Waals surface area contributed by atoms with Crippen LogP contribution in [0.5, 0.6) is 0 Å². The molecule has 1 N–H and O–H groups in total. The number of hydrogen-bond acceptors (Lipinski definition) is 1. The van der Waals surface area contributed by atoms with Gasteiger partial charge in [0.05, 0.1) is 0 Å². The summed E-state index contributed by atoms with van der Waals surface area (Å²) in [6.45, 7) is 8.05. The average molecular weight is 198 g/mol. The van der Waals surface area contributed by atoms with Crippen molar-refractivity contribution < 1.29 is 0 Å². The van der Waals surface area contributed by atoms with E-state index in [0.717, 1.165) is 13.1 Å². The minimum absolute atomic E-state index is 0.872. The molecular weight excluding hydrogens is 170 g/mol. The van der Waals surface area contributed by atoms with Crippen molar-refractivity contribution in [3.63, 3.8) is 0 Å². The van der Waals surface area contributed by atoms with Crippen LogP contribution >= 0.6 is 0 Å². The van der Waals surface area contributed by atoms with E-state index in [9.17, 15) is 0 Å². The number of hydrogen-bond donors (Lipinski definition) is 1. The molecule has 0 saturated carbocycles. The van der Waals surface area contributed by atoms with Gasteiger partial charge in [-0.3, -0.25) is 0 Å². The molecule has 0 aromatic heterocycles. The van der Waals surface area contributed by atoms with Crippen LogP contribution in [0.25, 0.3) is 0 Å². The van der Waals surface area contributed by atoms with E-state index in [1.807, 2.05) is 0 Å². The van der Waals surface area contributed by atoms with Crippen LogP contribution in [0.3, 0.4) is 0 Å². The quantitative estimate of drug-likeness (QED) is 0.496. The Bertz CT molecular complexity index is 79.2. The van der Waals surface area contributed by atoms with Gasteiger partial charge in [-0.05, 0) is 26.4 Å². The van der Waals surface area contributed by atoms with Gasteiger partial charge in [-0.1, -0.05) is 58.3 Å². The molecule has 1 nitrogen and oxygen atoms in total. The first kappa shape index (κ1) is 14.0. The van der Waals surface area contributed by atoms with Gasteiger partial charge >= 0.3 is 0 Å². The Hall–Kier alpha value is -0.0400. The monoisotopic (exact) mass is 198 g/mol. The first-order valence-electron chi connectivity index (χ1n) is 6.41. The molecule has 85 valence electrons. The van der Waals surface area contributed by atoms with Crippen LogP contribution in [0.1, 0.15) is 64.7 Å². The lowest BCUT2D eigenvalue weighted by Gasteiger charge is -2.02. The van der Waals surface area contributed by atoms with Crippen molar-refractivity contribution in [2.75, 3.05) is 13.1 Å². The van der Waals surface area contributed by atoms with Crippen LogP contribution in [-0.4, -0.2) is 13.1 Å². The normalized spacial score (nSPS) is 10.7. The van der Waals surface area contributed by atoms with Crippen molar-refractivity contribution in [3.8, 4) is 0 Å². The zero-order chi connectivity index (χ0) is 10.5. The van der Waals surface area contributed by atoms with Crippen LogP contribution in [0, 0.1) is 6.92 Å². The number of rotatable bonds is 11. The van der Waals surface area contributed by atoms with Crippen molar-refractivity contribution in [1.29, 1.82) is 0 Å². The second-order valence-corrected chi connectivity index (χ2v) is 4.08. The summed E-state index contributed by atoms with van der Waals surface area (Å²) in [7, 11) is 0. The Morgan fingerprint density at radius 2 is 1.29 bits per heavy atom. The molecule has 0 unspecified atom stereocenters. The molecule has 0 aliphatic heterocycles. The van der Waals surface area contributed by atoms with Crippen molar-refractivity contribution in [2.45, 2.75) is 64.7 Å². The maximum Gasteiger partial charge on any atom is -0.00484 e. The molecule has 0 rings (SSSR count). The lowest BCUT2D eigenvalue weighted by Crippen LogP contribution is -2.13. The van der Waals surface area contributed by atoms with Crippen LogP contribution in [0.15, 0.2) is 0 Å². The Morgan fingerprint density at radius 3 is 1.79 bits per heavy atom. The second-order valence-electron chi connectivity index (χ2n) is 4.08. The molecule has 0 aliphatic rings. The van der Waals surface area contributed by atoms with Gasteiger partial charge in [0.1, 0.15) is 0 Å². The molecule has 14 heavy (non-hydrogen) atoms. The van der Waals surface area contributed by atoms with Gasteiger partial charge in [-0.15, -0.1) is 0 Å². The van der Waals surface area contributed by atoms with Crippen LogP contribution < -0.4 is 5.32 Å². The fourth-order valence-corrected chi connectivity index (χ4v) is 1.69. The molecule has 0 aliphatic carbocycles. The standard InChI is InChI=1S/C13H28N/c1-3-5-6-7-8-9-10-11-12-13-14-4-2/h14H,2-13H2,1H3. The van der Waals surface area contributed by atoms with Gasteiger partial charge in [0.2, 0.25) is 0 Å². The zero-order valence-electron chi connectivity index (χ0n) is 9.99. The summed E-state index contributed by atoms with van der Waals surface area (Å²) in [6, 6.07) is 0. The molecule has 1 heteroatoms. The lowest BCUT2D eigenvalue weighted by molar-refractivity contribution is 0.555. The largest absolute Gasteiger partial charge is 0.317 e. The molecule has 0 amide bonds. The van der Waals surface area contributed by atoms with E-state index in [1.54, 1.807) is 0 Å². The summed E-state index contributed by atoms with van der Waals surface area (Å²) in [5, 5.41) is 3.26. The predicted octanol–water partition coefficient (Wildman–Crippen LogP) is 3.94. The minimum atomic E-state index is 0.872. The van der Waals surface area contributed by atoms with Crippen molar-refractivity contribution in [1.82, 2.24) is 5.32 Å². The molecule has 1 radical (unpaired) electrons. The molecule has 0 bridgehead atoms. The maximum absolute atomic E-state index is 3.75. The first-order chi connectivity index (χ1) is 6.91. The molecule has 0 spiro atoms. The number of unbranched alkanes of at least 4 members (excludes halogenated alkanes) is 8. The minimum Gasteiger partial charge on any atom is -0.317 e. The highest BCUT2D eigenvalue weighted by Crippen LogP contribution is 2.08. The highest BCUT2D eigenvalue weighted by molar-refractivity contribution is 4.50. The fraction of sp³-hybridized carbons (Fsp3) is 0.923. The van der Waals surface area contributed by atoms with Gasteiger partial charge in [0, 0.05) is 0 Å². The Morgan fingerprint density at radius 1 is 0.786 bits per heavy atom. The first-order valence-corrected chi connectivity index (χ1v) is 6.41. The summed E-state index contributed by atoms with van der Waals surface area (Å²) < 4.78 is 0. The number of nitrogens with one attached hydrogen (secondary N) is 1. The summed E-state index contributed by atoms with van der Waals surface area (Å²) in [5.74, 6) is 0. The summed E-state index contributed by atoms with van der Waals surface area (Å²) in [4.78, 5) is 0. The maximum atomic E-state index is 3.75. The third-order valence-corrected chi connectivity index (χ3v) is 2.63. The summed E-state index contributed by atoms with van der Waals surface area (Å²) in [6.07, 6.45) is 12.7. The summed E-state index contributed by atoms with van der Waals surface area (Å²) in [5.41, 5.74) is 0. The van der Waals surface area contributed by atoms with Gasteiger partial charge < -0.3 is 5.32 Å². The summed E-state index contributed by atoms with van der Waals surface area (Å²) >= 11 is 0. The second kappa shape index (κ2) is 13.0. The smallest absolute Gasteiger partial charge is 0.00484 e. The molecule has 0 atom stereocenters. The third kappa shape index (κ3) is 12.0. The van der Waals surface area contributed by atoms with E-state index in [0.29, 0.717) is 0 Å². The van der Waals surface area contributed by atoms with Crippen molar-refractivity contribution in [2.24, 2.45) is 0 Å². The van der Waals surface area contributed by atoms with E-state index in [2.05, 4.69) is 19.2 Å². The van der Waals surface area contributed by atoms with E-state index < -0.39 is 0 Å². The van der Waals surface area contributed by atoms with Gasteiger partial charge in [-0.25, -0.2) is 0 Å². The van der Waals surface area contributed by atoms with Crippen LogP contribution in [0.4, 0.5) is 0 Å². The molecule has 0 saturated heterocycles. The topological polar surface area (TPSA) is 12.0 Å². The zero-order valence-corrected chi connectivity index (χ0v) is 9.99. The van der Waals surface area contributed by atoms with Gasteiger partial charge in [0.25, 0.3) is 0 Å². The predicted molar refractivity (Wildman–Crippen MR) is 65.5 cm³/mol. The highest BCUT2D eigenvalue weighted by Gasteiger charge is 1.91. The van der Waals surface area contributed by atoms with E-state index >= 15 is 0 Å². The van der Waals surface area contributed by atoms with Crippen molar-refractivity contribution >= 4 is 0 Å². The van der Waals surface area contributed by atoms with E-state index in [4.69, 9.17) is 0 Å². The van der Waals surface area contributed by atoms with E-state index in [-0.39, 0.29) is 0 Å². The fourth-order valence-electron chi connectivity index (χ4n) is 1.69. The van der Waals surface area contributed by atoms with Crippen LogP contribution in [0.2, 0.25) is 0 Å². The lowest BCUT2D eigenvalue weighted by atomic mass is 10.1. The average Bonchev–Trinajstić information content (AvgIpc) is 2.21. The molecule has 0 aromatic carbocycles. The van der Waals surface area contributed by atoms with Gasteiger partial charge in [-0.2, -0.15) is 0 Å². The molecule has 0 aromatic rings. The Kier molecular flexibility index (Phi) is 12.9. The van der Waals surface area contributed by atoms with Gasteiger partial charge in [0.15, 0.2) is 0 Å². The van der Waals surface area contributed by atoms with E-state index in [1.165, 1.54) is 57.8 Å². The van der Waals surface area contributed by atoms with Crippen LogP contribution in [-0.2, 0) is 0 Å².